The first-order valence-corrected chi connectivity index (χ1v) is 10.0. The van der Waals surface area contributed by atoms with E-state index in [0.29, 0.717) is 13.0 Å². The molecule has 2 unspecified atom stereocenters. The Kier molecular flexibility index (Phi) is 8.41. The normalized spacial score (nSPS) is 20.3. The first-order valence-electron chi connectivity index (χ1n) is 8.19. The Morgan fingerprint density at radius 3 is 2.67 bits per heavy atom. The lowest BCUT2D eigenvalue weighted by Gasteiger charge is -2.28. The zero-order valence-corrected chi connectivity index (χ0v) is 15.2. The van der Waals surface area contributed by atoms with Crippen LogP contribution >= 0.6 is 0 Å². The molecule has 1 saturated heterocycles. The van der Waals surface area contributed by atoms with Crippen molar-refractivity contribution in [3.8, 4) is 0 Å². The second-order valence-electron chi connectivity index (χ2n) is 5.87. The lowest BCUT2D eigenvalue weighted by Crippen LogP contribution is -2.44. The monoisotopic (exact) mass is 361 g/mol. The lowest BCUT2D eigenvalue weighted by atomic mass is 10.2. The molecule has 0 spiro atoms. The predicted molar refractivity (Wildman–Crippen MR) is 90.2 cm³/mol. The van der Waals surface area contributed by atoms with Crippen molar-refractivity contribution in [3.63, 3.8) is 0 Å². The van der Waals surface area contributed by atoms with E-state index in [0.717, 1.165) is 12.8 Å². The number of rotatable bonds is 10. The van der Waals surface area contributed by atoms with Crippen LogP contribution < -0.4 is 0 Å². The largest absolute Gasteiger partial charge is 0.454 e. The maximum Gasteiger partial charge on any atom is 0.335 e. The first-order chi connectivity index (χ1) is 11.3. The highest BCUT2D eigenvalue weighted by Crippen LogP contribution is 2.18. The Balaban J connectivity index is 2.58. The van der Waals surface area contributed by atoms with Gasteiger partial charge in [-0.3, -0.25) is 4.79 Å². The number of hydrogen-bond donors (Lipinski definition) is 0. The number of amides is 1. The molecule has 138 valence electrons. The van der Waals surface area contributed by atoms with Gasteiger partial charge in [-0.25, -0.2) is 13.2 Å². The molecule has 1 heterocycles. The van der Waals surface area contributed by atoms with Crippen molar-refractivity contribution in [2.24, 2.45) is 0 Å². The van der Waals surface area contributed by atoms with Crippen LogP contribution in [0.2, 0.25) is 0 Å². The van der Waals surface area contributed by atoms with Crippen LogP contribution in [0.4, 0.5) is 0 Å². The molecule has 7 nitrogen and oxygen atoms in total. The SMILES string of the molecule is C=CCOC(C)C(=O)OCC(=O)N(CCCC)C1CCS(=O)(=O)C1. The Hall–Kier alpha value is -1.41. The van der Waals surface area contributed by atoms with E-state index in [1.807, 2.05) is 6.92 Å². The van der Waals surface area contributed by atoms with Gasteiger partial charge in [0.2, 0.25) is 0 Å². The second kappa shape index (κ2) is 9.78. The van der Waals surface area contributed by atoms with Crippen molar-refractivity contribution in [3.05, 3.63) is 12.7 Å². The van der Waals surface area contributed by atoms with E-state index in [1.54, 1.807) is 0 Å². The Labute approximate surface area is 143 Å². The highest BCUT2D eigenvalue weighted by atomic mass is 32.2. The molecule has 0 radical (unpaired) electrons. The summed E-state index contributed by atoms with van der Waals surface area (Å²) in [6.07, 6.45) is 2.82. The lowest BCUT2D eigenvalue weighted by molar-refractivity contribution is -0.161. The zero-order chi connectivity index (χ0) is 18.2. The third-order valence-corrected chi connectivity index (χ3v) is 5.61. The van der Waals surface area contributed by atoms with Crippen molar-refractivity contribution in [1.29, 1.82) is 0 Å². The van der Waals surface area contributed by atoms with Crippen LogP contribution in [0.3, 0.4) is 0 Å². The fourth-order valence-electron chi connectivity index (χ4n) is 2.47. The van der Waals surface area contributed by atoms with Gasteiger partial charge in [0.05, 0.1) is 18.1 Å². The van der Waals surface area contributed by atoms with Gasteiger partial charge in [-0.15, -0.1) is 6.58 Å². The van der Waals surface area contributed by atoms with Gasteiger partial charge >= 0.3 is 5.97 Å². The number of nitrogens with zero attached hydrogens (tertiary/aromatic N) is 1. The second-order valence-corrected chi connectivity index (χ2v) is 8.10. The summed E-state index contributed by atoms with van der Waals surface area (Å²) in [5, 5.41) is 0. The Morgan fingerprint density at radius 2 is 2.12 bits per heavy atom. The summed E-state index contributed by atoms with van der Waals surface area (Å²) in [6.45, 7) is 7.30. The summed E-state index contributed by atoms with van der Waals surface area (Å²) in [5.41, 5.74) is 0. The van der Waals surface area contributed by atoms with E-state index in [2.05, 4.69) is 6.58 Å². The van der Waals surface area contributed by atoms with E-state index in [4.69, 9.17) is 9.47 Å². The minimum absolute atomic E-state index is 0.0186. The van der Waals surface area contributed by atoms with Crippen molar-refractivity contribution in [2.75, 3.05) is 31.3 Å². The summed E-state index contributed by atoms with van der Waals surface area (Å²) in [5.74, 6) is -0.913. The highest BCUT2D eigenvalue weighted by Gasteiger charge is 2.34. The summed E-state index contributed by atoms with van der Waals surface area (Å²) in [4.78, 5) is 25.7. The predicted octanol–water partition coefficient (Wildman–Crippen LogP) is 0.937. The molecule has 0 N–H and O–H groups in total. The van der Waals surface area contributed by atoms with Crippen LogP contribution in [-0.2, 0) is 28.9 Å². The van der Waals surface area contributed by atoms with Gasteiger partial charge in [-0.1, -0.05) is 19.4 Å². The molecule has 0 aromatic heterocycles. The van der Waals surface area contributed by atoms with Gasteiger partial charge in [0.1, 0.15) is 0 Å². The minimum atomic E-state index is -3.09. The molecule has 0 saturated carbocycles. The standard InChI is InChI=1S/C16H27NO6S/c1-4-6-8-17(14-7-10-24(20,21)12-14)15(18)11-23-16(19)13(3)22-9-5-2/h5,13-14H,2,4,6-12H2,1,3H3. The summed E-state index contributed by atoms with van der Waals surface area (Å²) in [6, 6.07) is -0.331. The van der Waals surface area contributed by atoms with Crippen LogP contribution in [0.15, 0.2) is 12.7 Å². The van der Waals surface area contributed by atoms with E-state index in [1.165, 1.54) is 17.9 Å². The molecule has 0 aromatic rings. The van der Waals surface area contributed by atoms with Gasteiger partial charge < -0.3 is 14.4 Å². The Morgan fingerprint density at radius 1 is 1.42 bits per heavy atom. The zero-order valence-electron chi connectivity index (χ0n) is 14.4. The molecular formula is C16H27NO6S. The highest BCUT2D eigenvalue weighted by molar-refractivity contribution is 7.91. The molecule has 1 rings (SSSR count). The third kappa shape index (κ3) is 6.60. The maximum atomic E-state index is 12.4. The van der Waals surface area contributed by atoms with Crippen LogP contribution in [-0.4, -0.2) is 68.6 Å². The molecule has 24 heavy (non-hydrogen) atoms. The molecule has 1 aliphatic rings. The summed E-state index contributed by atoms with van der Waals surface area (Å²) < 4.78 is 33.4. The van der Waals surface area contributed by atoms with Crippen LogP contribution in [0.1, 0.15) is 33.1 Å². The number of carbonyl (C=O) groups is 2. The average molecular weight is 361 g/mol. The van der Waals surface area contributed by atoms with Gasteiger partial charge in [0.15, 0.2) is 22.5 Å². The molecule has 2 atom stereocenters. The molecule has 0 aromatic carbocycles. The Bertz CT molecular complexity index is 545. The van der Waals surface area contributed by atoms with E-state index in [9.17, 15) is 18.0 Å². The van der Waals surface area contributed by atoms with Crippen molar-refractivity contribution in [2.45, 2.75) is 45.3 Å². The number of hydrogen-bond acceptors (Lipinski definition) is 6. The average Bonchev–Trinajstić information content (AvgIpc) is 2.90. The van der Waals surface area contributed by atoms with Crippen LogP contribution in [0, 0.1) is 0 Å². The molecule has 0 aliphatic carbocycles. The quantitative estimate of drug-likeness (QED) is 0.425. The molecule has 0 bridgehead atoms. The fraction of sp³-hybridized carbons (Fsp3) is 0.750. The van der Waals surface area contributed by atoms with Crippen molar-refractivity contribution >= 4 is 21.7 Å². The first kappa shape index (κ1) is 20.6. The smallest absolute Gasteiger partial charge is 0.335 e. The summed E-state index contributed by atoms with van der Waals surface area (Å²) >= 11 is 0. The topological polar surface area (TPSA) is 90.0 Å². The molecular weight excluding hydrogens is 334 g/mol. The molecule has 1 fully saturated rings. The van der Waals surface area contributed by atoms with Crippen LogP contribution in [0.5, 0.6) is 0 Å². The maximum absolute atomic E-state index is 12.4. The van der Waals surface area contributed by atoms with Gasteiger partial charge in [-0.2, -0.15) is 0 Å². The molecule has 1 aliphatic heterocycles. The van der Waals surface area contributed by atoms with Crippen molar-refractivity contribution in [1.82, 2.24) is 4.90 Å². The number of sulfone groups is 1. The van der Waals surface area contributed by atoms with E-state index >= 15 is 0 Å². The van der Waals surface area contributed by atoms with E-state index in [-0.39, 0.29) is 30.1 Å². The number of unbranched alkanes of at least 4 members (excludes halogenated alkanes) is 1. The van der Waals surface area contributed by atoms with Gasteiger partial charge in [0.25, 0.3) is 5.91 Å². The van der Waals surface area contributed by atoms with Gasteiger partial charge in [0, 0.05) is 12.6 Å². The number of carbonyl (C=O) groups excluding carboxylic acids is 2. The summed E-state index contributed by atoms with van der Waals surface area (Å²) in [7, 11) is -3.09. The van der Waals surface area contributed by atoms with Crippen LogP contribution in [0.25, 0.3) is 0 Å². The third-order valence-electron chi connectivity index (χ3n) is 3.86. The molecule has 1 amide bonds. The van der Waals surface area contributed by atoms with Crippen molar-refractivity contribution < 1.29 is 27.5 Å². The molecule has 8 heteroatoms. The fourth-order valence-corrected chi connectivity index (χ4v) is 4.20. The number of esters is 1. The number of ether oxygens (including phenoxy) is 2. The van der Waals surface area contributed by atoms with E-state index < -0.39 is 28.5 Å². The van der Waals surface area contributed by atoms with Gasteiger partial charge in [-0.05, 0) is 19.8 Å². The minimum Gasteiger partial charge on any atom is -0.454 e.